The Morgan fingerprint density at radius 3 is 2.26 bits per heavy atom. The van der Waals surface area contributed by atoms with E-state index in [9.17, 15) is 0 Å². The molecule has 0 amide bonds. The standard InChI is InChI=1S/C23H22N2O2/c1-26-21-11-7-19(8-12-21)23-24-15-16-25(23)20-9-13-22(14-10-20)27-17-18-5-3-2-4-6-18/h2-16,23-24H,17H2,1H3. The number of hydrogen-bond acceptors (Lipinski definition) is 4. The van der Waals surface area contributed by atoms with E-state index >= 15 is 0 Å². The highest BCUT2D eigenvalue weighted by molar-refractivity contribution is 5.55. The molecule has 4 nitrogen and oxygen atoms in total. The second-order valence-corrected chi connectivity index (χ2v) is 6.33. The molecule has 0 fully saturated rings. The minimum atomic E-state index is 0.0620. The van der Waals surface area contributed by atoms with E-state index in [1.807, 2.05) is 48.7 Å². The zero-order valence-corrected chi connectivity index (χ0v) is 15.2. The minimum absolute atomic E-state index is 0.0620. The molecule has 4 rings (SSSR count). The van der Waals surface area contributed by atoms with Crippen molar-refractivity contribution in [3.05, 3.63) is 102 Å². The molecular weight excluding hydrogens is 336 g/mol. The summed E-state index contributed by atoms with van der Waals surface area (Å²) >= 11 is 0. The third-order valence-corrected chi connectivity index (χ3v) is 4.58. The summed E-state index contributed by atoms with van der Waals surface area (Å²) in [6.45, 7) is 0.569. The lowest BCUT2D eigenvalue weighted by molar-refractivity contribution is 0.306. The van der Waals surface area contributed by atoms with Crippen molar-refractivity contribution in [2.75, 3.05) is 12.0 Å². The maximum atomic E-state index is 5.88. The normalized spacial score (nSPS) is 15.4. The van der Waals surface area contributed by atoms with Crippen LogP contribution >= 0.6 is 0 Å². The van der Waals surface area contributed by atoms with Crippen molar-refractivity contribution >= 4 is 5.69 Å². The quantitative estimate of drug-likeness (QED) is 0.683. The maximum Gasteiger partial charge on any atom is 0.129 e. The van der Waals surface area contributed by atoms with Gasteiger partial charge in [0.1, 0.15) is 24.3 Å². The Labute approximate surface area is 159 Å². The van der Waals surface area contributed by atoms with Crippen LogP contribution in [0, 0.1) is 0 Å². The molecule has 0 aliphatic carbocycles. The summed E-state index contributed by atoms with van der Waals surface area (Å²) in [7, 11) is 1.68. The van der Waals surface area contributed by atoms with E-state index in [-0.39, 0.29) is 6.17 Å². The molecule has 4 heteroatoms. The van der Waals surface area contributed by atoms with Gasteiger partial charge in [0, 0.05) is 18.1 Å². The van der Waals surface area contributed by atoms with Crippen molar-refractivity contribution < 1.29 is 9.47 Å². The number of benzene rings is 3. The number of rotatable bonds is 6. The third kappa shape index (κ3) is 3.90. The first kappa shape index (κ1) is 17.0. The summed E-state index contributed by atoms with van der Waals surface area (Å²) in [5, 5.41) is 3.39. The van der Waals surface area contributed by atoms with Crippen LogP contribution in [-0.4, -0.2) is 7.11 Å². The van der Waals surface area contributed by atoms with Gasteiger partial charge >= 0.3 is 0 Å². The molecule has 0 bridgehead atoms. The molecule has 1 aliphatic rings. The van der Waals surface area contributed by atoms with E-state index < -0.39 is 0 Å². The predicted molar refractivity (Wildman–Crippen MR) is 108 cm³/mol. The fourth-order valence-corrected chi connectivity index (χ4v) is 3.11. The molecule has 136 valence electrons. The van der Waals surface area contributed by atoms with E-state index in [4.69, 9.17) is 9.47 Å². The topological polar surface area (TPSA) is 33.7 Å². The predicted octanol–water partition coefficient (Wildman–Crippen LogP) is 4.85. The van der Waals surface area contributed by atoms with Crippen LogP contribution in [0.25, 0.3) is 0 Å². The van der Waals surface area contributed by atoms with Gasteiger partial charge < -0.3 is 19.7 Å². The second-order valence-electron chi connectivity index (χ2n) is 6.33. The zero-order chi connectivity index (χ0) is 18.5. The van der Waals surface area contributed by atoms with Crippen LogP contribution in [0.2, 0.25) is 0 Å². The number of methoxy groups -OCH3 is 1. The average molecular weight is 358 g/mol. The highest BCUT2D eigenvalue weighted by Crippen LogP contribution is 2.31. The molecule has 1 atom stereocenters. The summed E-state index contributed by atoms with van der Waals surface area (Å²) in [5.74, 6) is 1.72. The Kier molecular flexibility index (Phi) is 4.97. The molecule has 0 saturated carbocycles. The van der Waals surface area contributed by atoms with Crippen LogP contribution in [0.1, 0.15) is 17.3 Å². The molecule has 1 aliphatic heterocycles. The van der Waals surface area contributed by atoms with Crippen molar-refractivity contribution in [3.63, 3.8) is 0 Å². The summed E-state index contributed by atoms with van der Waals surface area (Å²) < 4.78 is 11.1. The Balaban J connectivity index is 1.44. The van der Waals surface area contributed by atoms with Gasteiger partial charge in [-0.1, -0.05) is 42.5 Å². The van der Waals surface area contributed by atoms with E-state index in [0.717, 1.165) is 22.7 Å². The fourth-order valence-electron chi connectivity index (χ4n) is 3.11. The number of anilines is 1. The van der Waals surface area contributed by atoms with E-state index in [1.165, 1.54) is 5.56 Å². The van der Waals surface area contributed by atoms with Crippen molar-refractivity contribution in [2.45, 2.75) is 12.8 Å². The van der Waals surface area contributed by atoms with Gasteiger partial charge in [0.25, 0.3) is 0 Å². The SMILES string of the molecule is COc1ccc(C2NC=CN2c2ccc(OCc3ccccc3)cc2)cc1. The molecule has 1 unspecified atom stereocenters. The molecule has 1 heterocycles. The lowest BCUT2D eigenvalue weighted by Gasteiger charge is -2.26. The van der Waals surface area contributed by atoms with Gasteiger partial charge in [-0.3, -0.25) is 0 Å². The Hall–Kier alpha value is -3.40. The van der Waals surface area contributed by atoms with Crippen LogP contribution in [0.4, 0.5) is 5.69 Å². The highest BCUT2D eigenvalue weighted by atomic mass is 16.5. The van der Waals surface area contributed by atoms with Crippen molar-refractivity contribution in [1.29, 1.82) is 0 Å². The third-order valence-electron chi connectivity index (χ3n) is 4.58. The molecule has 3 aromatic rings. The van der Waals surface area contributed by atoms with Gasteiger partial charge in [-0.05, 0) is 47.5 Å². The zero-order valence-electron chi connectivity index (χ0n) is 15.2. The Morgan fingerprint density at radius 1 is 0.852 bits per heavy atom. The molecule has 0 saturated heterocycles. The second kappa shape index (κ2) is 7.87. The van der Waals surface area contributed by atoms with Crippen LogP contribution < -0.4 is 19.7 Å². The fraction of sp³-hybridized carbons (Fsp3) is 0.130. The monoisotopic (exact) mass is 358 g/mol. The van der Waals surface area contributed by atoms with E-state index in [1.54, 1.807) is 7.11 Å². The van der Waals surface area contributed by atoms with Crippen LogP contribution in [0.3, 0.4) is 0 Å². The summed E-state index contributed by atoms with van der Waals surface area (Å²) in [6, 6.07) is 26.5. The lowest BCUT2D eigenvalue weighted by atomic mass is 10.1. The lowest BCUT2D eigenvalue weighted by Crippen LogP contribution is -2.26. The van der Waals surface area contributed by atoms with Gasteiger partial charge in [-0.15, -0.1) is 0 Å². The largest absolute Gasteiger partial charge is 0.497 e. The number of ether oxygens (including phenoxy) is 2. The number of nitrogens with one attached hydrogen (secondary N) is 1. The molecule has 0 aromatic heterocycles. The van der Waals surface area contributed by atoms with Crippen LogP contribution in [0.5, 0.6) is 11.5 Å². The minimum Gasteiger partial charge on any atom is -0.497 e. The van der Waals surface area contributed by atoms with Crippen molar-refractivity contribution in [1.82, 2.24) is 5.32 Å². The maximum absolute atomic E-state index is 5.88. The van der Waals surface area contributed by atoms with Crippen LogP contribution in [-0.2, 0) is 6.61 Å². The molecule has 0 radical (unpaired) electrons. The van der Waals surface area contributed by atoms with Gasteiger partial charge in [0.15, 0.2) is 0 Å². The summed E-state index contributed by atoms with van der Waals surface area (Å²) in [6.07, 6.45) is 4.08. The summed E-state index contributed by atoms with van der Waals surface area (Å²) in [5.41, 5.74) is 3.43. The average Bonchev–Trinajstić information content (AvgIpc) is 3.23. The molecule has 0 spiro atoms. The number of hydrogen-bond donors (Lipinski definition) is 1. The highest BCUT2D eigenvalue weighted by Gasteiger charge is 2.22. The Morgan fingerprint density at radius 2 is 1.56 bits per heavy atom. The number of nitrogens with zero attached hydrogens (tertiary/aromatic N) is 1. The molecular formula is C23H22N2O2. The van der Waals surface area contributed by atoms with E-state index in [2.05, 4.69) is 52.8 Å². The molecule has 3 aromatic carbocycles. The first-order valence-corrected chi connectivity index (χ1v) is 8.95. The molecule has 27 heavy (non-hydrogen) atoms. The van der Waals surface area contributed by atoms with Gasteiger partial charge in [-0.25, -0.2) is 0 Å². The van der Waals surface area contributed by atoms with Crippen LogP contribution in [0.15, 0.2) is 91.3 Å². The first-order chi connectivity index (χ1) is 13.3. The van der Waals surface area contributed by atoms with Gasteiger partial charge in [-0.2, -0.15) is 0 Å². The van der Waals surface area contributed by atoms with Crippen molar-refractivity contribution in [3.8, 4) is 11.5 Å². The molecule has 1 N–H and O–H groups in total. The van der Waals surface area contributed by atoms with Gasteiger partial charge in [0.2, 0.25) is 0 Å². The van der Waals surface area contributed by atoms with Crippen molar-refractivity contribution in [2.24, 2.45) is 0 Å². The Bertz CT molecular complexity index is 890. The first-order valence-electron chi connectivity index (χ1n) is 8.95. The smallest absolute Gasteiger partial charge is 0.129 e. The summed E-state index contributed by atoms with van der Waals surface area (Å²) in [4.78, 5) is 2.20. The van der Waals surface area contributed by atoms with Gasteiger partial charge in [0.05, 0.1) is 7.11 Å². The van der Waals surface area contributed by atoms with E-state index in [0.29, 0.717) is 6.61 Å².